The Morgan fingerprint density at radius 1 is 1.50 bits per heavy atom. The summed E-state index contributed by atoms with van der Waals surface area (Å²) in [6, 6.07) is 9.08. The molecule has 2 rings (SSSR count). The van der Waals surface area contributed by atoms with Crippen molar-refractivity contribution >= 4 is 23.0 Å². The fourth-order valence-corrected chi connectivity index (χ4v) is 2.12. The van der Waals surface area contributed by atoms with E-state index < -0.39 is 0 Å². The van der Waals surface area contributed by atoms with Gasteiger partial charge in [-0.2, -0.15) is 0 Å². The van der Waals surface area contributed by atoms with Gasteiger partial charge in [-0.05, 0) is 56.6 Å². The number of aryl methyl sites for hydroxylation is 1. The lowest BCUT2D eigenvalue weighted by Crippen LogP contribution is -2.40. The van der Waals surface area contributed by atoms with E-state index in [9.17, 15) is 0 Å². The van der Waals surface area contributed by atoms with Crippen LogP contribution in [0.5, 0.6) is 0 Å². The maximum Gasteiger partial charge on any atom is 0.173 e. The lowest BCUT2D eigenvalue weighted by molar-refractivity contribution is 0.883. The van der Waals surface area contributed by atoms with E-state index in [0.29, 0.717) is 6.04 Å². The van der Waals surface area contributed by atoms with Crippen LogP contribution in [-0.4, -0.2) is 17.7 Å². The molecule has 1 aromatic carbocycles. The zero-order valence-corrected chi connectivity index (χ0v) is 10.7. The SMILES string of the molecule is CCN(C(=S)NC1CC1)c1cccc(C)c1. The molecule has 1 aliphatic carbocycles. The largest absolute Gasteiger partial charge is 0.360 e. The van der Waals surface area contributed by atoms with Crippen molar-refractivity contribution < 1.29 is 0 Å². The summed E-state index contributed by atoms with van der Waals surface area (Å²) >= 11 is 5.43. The molecule has 1 N–H and O–H groups in total. The van der Waals surface area contributed by atoms with Gasteiger partial charge in [0.1, 0.15) is 0 Å². The summed E-state index contributed by atoms with van der Waals surface area (Å²) in [4.78, 5) is 2.15. The lowest BCUT2D eigenvalue weighted by Gasteiger charge is -2.24. The van der Waals surface area contributed by atoms with Gasteiger partial charge in [-0.25, -0.2) is 0 Å². The van der Waals surface area contributed by atoms with Gasteiger partial charge in [-0.15, -0.1) is 0 Å². The molecule has 0 bridgehead atoms. The van der Waals surface area contributed by atoms with Crippen molar-refractivity contribution in [2.75, 3.05) is 11.4 Å². The molecule has 1 aliphatic rings. The number of rotatable bonds is 3. The Morgan fingerprint density at radius 3 is 2.81 bits per heavy atom. The van der Waals surface area contributed by atoms with Crippen LogP contribution in [0.3, 0.4) is 0 Å². The maximum absolute atomic E-state index is 5.43. The van der Waals surface area contributed by atoms with Crippen LogP contribution >= 0.6 is 12.2 Å². The van der Waals surface area contributed by atoms with E-state index in [-0.39, 0.29) is 0 Å². The van der Waals surface area contributed by atoms with Crippen LogP contribution in [0.4, 0.5) is 5.69 Å². The standard InChI is InChI=1S/C13H18N2S/c1-3-15(13(16)14-11-7-8-11)12-6-4-5-10(2)9-12/h4-6,9,11H,3,7-8H2,1-2H3,(H,14,16). The van der Waals surface area contributed by atoms with Gasteiger partial charge in [0.25, 0.3) is 0 Å². The molecule has 0 radical (unpaired) electrons. The number of anilines is 1. The van der Waals surface area contributed by atoms with Gasteiger partial charge in [0, 0.05) is 18.3 Å². The van der Waals surface area contributed by atoms with E-state index in [1.54, 1.807) is 0 Å². The highest BCUT2D eigenvalue weighted by Crippen LogP contribution is 2.21. The minimum Gasteiger partial charge on any atom is -0.360 e. The van der Waals surface area contributed by atoms with Crippen molar-refractivity contribution in [2.45, 2.75) is 32.7 Å². The van der Waals surface area contributed by atoms with E-state index in [1.165, 1.54) is 24.1 Å². The number of nitrogens with one attached hydrogen (secondary N) is 1. The fourth-order valence-electron chi connectivity index (χ4n) is 1.72. The minimum absolute atomic E-state index is 0.617. The van der Waals surface area contributed by atoms with Gasteiger partial charge in [0.2, 0.25) is 0 Å². The third-order valence-electron chi connectivity index (χ3n) is 2.78. The van der Waals surface area contributed by atoms with Crippen LogP contribution < -0.4 is 10.2 Å². The molecule has 16 heavy (non-hydrogen) atoms. The summed E-state index contributed by atoms with van der Waals surface area (Å²) < 4.78 is 0. The topological polar surface area (TPSA) is 15.3 Å². The smallest absolute Gasteiger partial charge is 0.173 e. The van der Waals surface area contributed by atoms with Crippen molar-refractivity contribution in [2.24, 2.45) is 0 Å². The first-order valence-electron chi connectivity index (χ1n) is 5.85. The van der Waals surface area contributed by atoms with Gasteiger partial charge in [0.15, 0.2) is 5.11 Å². The normalized spacial score (nSPS) is 14.6. The van der Waals surface area contributed by atoms with Crippen LogP contribution in [-0.2, 0) is 0 Å². The molecule has 3 heteroatoms. The highest BCUT2D eigenvalue weighted by Gasteiger charge is 2.23. The number of nitrogens with zero attached hydrogens (tertiary/aromatic N) is 1. The molecule has 1 saturated carbocycles. The van der Waals surface area contributed by atoms with Crippen molar-refractivity contribution in [3.05, 3.63) is 29.8 Å². The van der Waals surface area contributed by atoms with E-state index >= 15 is 0 Å². The molecule has 0 aromatic heterocycles. The molecule has 1 fully saturated rings. The zero-order chi connectivity index (χ0) is 11.5. The summed E-state index contributed by atoms with van der Waals surface area (Å²) in [6.45, 7) is 5.14. The highest BCUT2D eigenvalue weighted by atomic mass is 32.1. The Morgan fingerprint density at radius 2 is 2.25 bits per heavy atom. The Hall–Kier alpha value is -1.09. The molecule has 0 saturated heterocycles. The van der Waals surface area contributed by atoms with Crippen molar-refractivity contribution in [3.8, 4) is 0 Å². The molecule has 0 atom stereocenters. The molecule has 86 valence electrons. The summed E-state index contributed by atoms with van der Waals surface area (Å²) in [5.74, 6) is 0. The van der Waals surface area contributed by atoms with Gasteiger partial charge < -0.3 is 10.2 Å². The van der Waals surface area contributed by atoms with Gasteiger partial charge in [-0.3, -0.25) is 0 Å². The second-order valence-corrected chi connectivity index (χ2v) is 4.69. The van der Waals surface area contributed by atoms with Crippen LogP contribution in [0.2, 0.25) is 0 Å². The predicted molar refractivity (Wildman–Crippen MR) is 73.0 cm³/mol. The maximum atomic E-state index is 5.43. The molecule has 0 aliphatic heterocycles. The summed E-state index contributed by atoms with van der Waals surface area (Å²) in [5.41, 5.74) is 2.45. The average Bonchev–Trinajstić information content (AvgIpc) is 3.03. The lowest BCUT2D eigenvalue weighted by atomic mass is 10.2. The van der Waals surface area contributed by atoms with E-state index in [4.69, 9.17) is 12.2 Å². The first-order valence-corrected chi connectivity index (χ1v) is 6.26. The van der Waals surface area contributed by atoms with E-state index in [1.807, 2.05) is 0 Å². The molecule has 0 amide bonds. The molecule has 0 unspecified atom stereocenters. The number of hydrogen-bond donors (Lipinski definition) is 1. The number of thiocarbonyl (C=S) groups is 1. The minimum atomic E-state index is 0.617. The number of benzene rings is 1. The second kappa shape index (κ2) is 4.83. The summed E-state index contributed by atoms with van der Waals surface area (Å²) in [6.07, 6.45) is 2.51. The third kappa shape index (κ3) is 2.73. The Bertz CT molecular complexity index is 385. The molecule has 0 spiro atoms. The van der Waals surface area contributed by atoms with Crippen LogP contribution in [0.25, 0.3) is 0 Å². The van der Waals surface area contributed by atoms with Crippen molar-refractivity contribution in [1.82, 2.24) is 5.32 Å². The summed E-state index contributed by atoms with van der Waals surface area (Å²) in [7, 11) is 0. The Balaban J connectivity index is 2.11. The fraction of sp³-hybridized carbons (Fsp3) is 0.462. The summed E-state index contributed by atoms with van der Waals surface area (Å²) in [5, 5.41) is 4.24. The molecular weight excluding hydrogens is 216 g/mol. The highest BCUT2D eigenvalue weighted by molar-refractivity contribution is 7.80. The quantitative estimate of drug-likeness (QED) is 0.810. The average molecular weight is 234 g/mol. The van der Waals surface area contributed by atoms with Crippen LogP contribution in [0.1, 0.15) is 25.3 Å². The first-order chi connectivity index (χ1) is 7.70. The van der Waals surface area contributed by atoms with Gasteiger partial charge in [-0.1, -0.05) is 12.1 Å². The monoisotopic (exact) mass is 234 g/mol. The Kier molecular flexibility index (Phi) is 3.44. The van der Waals surface area contributed by atoms with Gasteiger partial charge >= 0.3 is 0 Å². The van der Waals surface area contributed by atoms with Crippen molar-refractivity contribution in [1.29, 1.82) is 0 Å². The second-order valence-electron chi connectivity index (χ2n) is 4.31. The zero-order valence-electron chi connectivity index (χ0n) is 9.86. The number of hydrogen-bond acceptors (Lipinski definition) is 1. The molecule has 0 heterocycles. The molecular formula is C13H18N2S. The van der Waals surface area contributed by atoms with Gasteiger partial charge in [0.05, 0.1) is 0 Å². The van der Waals surface area contributed by atoms with Crippen LogP contribution in [0, 0.1) is 6.92 Å². The molecule has 1 aromatic rings. The van der Waals surface area contributed by atoms with E-state index in [2.05, 4.69) is 48.3 Å². The first kappa shape index (κ1) is 11.4. The molecule has 2 nitrogen and oxygen atoms in total. The third-order valence-corrected chi connectivity index (χ3v) is 3.12. The van der Waals surface area contributed by atoms with Crippen LogP contribution in [0.15, 0.2) is 24.3 Å². The van der Waals surface area contributed by atoms with Crippen molar-refractivity contribution in [3.63, 3.8) is 0 Å². The Labute approximate surface area is 103 Å². The van der Waals surface area contributed by atoms with E-state index in [0.717, 1.165) is 11.7 Å². The predicted octanol–water partition coefficient (Wildman–Crippen LogP) is 2.86.